The first kappa shape index (κ1) is 17.2. The van der Waals surface area contributed by atoms with E-state index in [-0.39, 0.29) is 25.5 Å². The Labute approximate surface area is 149 Å². The van der Waals surface area contributed by atoms with Crippen LogP contribution in [0.4, 0.5) is 5.95 Å². The second-order valence-corrected chi connectivity index (χ2v) is 6.21. The van der Waals surface area contributed by atoms with E-state index in [0.29, 0.717) is 28.3 Å². The fourth-order valence-corrected chi connectivity index (χ4v) is 2.97. The number of hydrogen-bond donors (Lipinski definition) is 1. The maximum atomic E-state index is 9.18. The van der Waals surface area contributed by atoms with Gasteiger partial charge in [0.15, 0.2) is 5.75 Å². The number of aliphatic hydroxyl groups is 1. The van der Waals surface area contributed by atoms with Gasteiger partial charge < -0.3 is 19.5 Å². The fourth-order valence-electron chi connectivity index (χ4n) is 2.47. The molecule has 0 radical (unpaired) electrons. The number of aliphatic hydroxyl groups excluding tert-OH is 1. The van der Waals surface area contributed by atoms with E-state index in [9.17, 15) is 5.11 Å². The zero-order valence-corrected chi connectivity index (χ0v) is 14.5. The van der Waals surface area contributed by atoms with Crippen LogP contribution in [0.3, 0.4) is 0 Å². The SMILES string of the molecule is CC1OC(CO)CN1c1ncc(OCc2c(Cl)cccc2Cl)cn1. The van der Waals surface area contributed by atoms with Gasteiger partial charge in [-0.05, 0) is 19.1 Å². The predicted molar refractivity (Wildman–Crippen MR) is 91.6 cm³/mol. The summed E-state index contributed by atoms with van der Waals surface area (Å²) in [5.74, 6) is 1.04. The molecule has 0 bridgehead atoms. The molecule has 0 aliphatic carbocycles. The van der Waals surface area contributed by atoms with E-state index in [1.807, 2.05) is 11.8 Å². The van der Waals surface area contributed by atoms with Crippen molar-refractivity contribution in [3.8, 4) is 5.75 Å². The van der Waals surface area contributed by atoms with E-state index in [0.717, 1.165) is 5.56 Å². The third kappa shape index (κ3) is 3.72. The van der Waals surface area contributed by atoms with Gasteiger partial charge in [-0.25, -0.2) is 9.97 Å². The van der Waals surface area contributed by atoms with Gasteiger partial charge in [0.25, 0.3) is 0 Å². The number of rotatable bonds is 5. The number of halogens is 2. The van der Waals surface area contributed by atoms with Crippen molar-refractivity contribution in [3.63, 3.8) is 0 Å². The van der Waals surface area contributed by atoms with Crippen LogP contribution in [0.15, 0.2) is 30.6 Å². The van der Waals surface area contributed by atoms with Crippen LogP contribution in [-0.2, 0) is 11.3 Å². The number of nitrogens with zero attached hydrogens (tertiary/aromatic N) is 3. The average molecular weight is 370 g/mol. The summed E-state index contributed by atoms with van der Waals surface area (Å²) < 4.78 is 11.2. The molecule has 1 aromatic carbocycles. The van der Waals surface area contributed by atoms with Crippen LogP contribution in [0, 0.1) is 0 Å². The quantitative estimate of drug-likeness (QED) is 0.873. The first-order valence-electron chi connectivity index (χ1n) is 7.49. The average Bonchev–Trinajstić information content (AvgIpc) is 2.96. The highest BCUT2D eigenvalue weighted by atomic mass is 35.5. The Kier molecular flexibility index (Phi) is 5.40. The molecule has 1 aliphatic heterocycles. The van der Waals surface area contributed by atoms with Crippen LogP contribution in [0.2, 0.25) is 10.0 Å². The Morgan fingerprint density at radius 2 is 1.96 bits per heavy atom. The van der Waals surface area contributed by atoms with Gasteiger partial charge in [-0.3, -0.25) is 0 Å². The molecule has 6 nitrogen and oxygen atoms in total. The maximum absolute atomic E-state index is 9.18. The molecular formula is C16H17Cl2N3O3. The van der Waals surface area contributed by atoms with Gasteiger partial charge in [0.1, 0.15) is 18.9 Å². The molecule has 1 aromatic heterocycles. The molecule has 0 saturated carbocycles. The Morgan fingerprint density at radius 1 is 1.29 bits per heavy atom. The van der Waals surface area contributed by atoms with Crippen LogP contribution < -0.4 is 9.64 Å². The van der Waals surface area contributed by atoms with E-state index in [4.69, 9.17) is 32.7 Å². The number of anilines is 1. The van der Waals surface area contributed by atoms with Crippen molar-refractivity contribution in [1.29, 1.82) is 0 Å². The summed E-state index contributed by atoms with van der Waals surface area (Å²) in [7, 11) is 0. The molecule has 1 aliphatic rings. The minimum absolute atomic E-state index is 0.0272. The monoisotopic (exact) mass is 369 g/mol. The molecule has 0 spiro atoms. The van der Waals surface area contributed by atoms with E-state index >= 15 is 0 Å². The van der Waals surface area contributed by atoms with Crippen molar-refractivity contribution in [2.75, 3.05) is 18.1 Å². The zero-order valence-electron chi connectivity index (χ0n) is 13.0. The van der Waals surface area contributed by atoms with Crippen molar-refractivity contribution in [2.45, 2.75) is 25.9 Å². The molecular weight excluding hydrogens is 353 g/mol. The Hall–Kier alpha value is -1.60. The highest BCUT2D eigenvalue weighted by Crippen LogP contribution is 2.26. The molecule has 24 heavy (non-hydrogen) atoms. The van der Waals surface area contributed by atoms with E-state index < -0.39 is 0 Å². The van der Waals surface area contributed by atoms with Crippen LogP contribution in [0.5, 0.6) is 5.75 Å². The highest BCUT2D eigenvalue weighted by Gasteiger charge is 2.30. The zero-order chi connectivity index (χ0) is 17.1. The molecule has 1 fully saturated rings. The van der Waals surface area contributed by atoms with Gasteiger partial charge in [-0.1, -0.05) is 29.3 Å². The molecule has 128 valence electrons. The Balaban J connectivity index is 1.65. The van der Waals surface area contributed by atoms with E-state index in [1.165, 1.54) is 0 Å². The number of ether oxygens (including phenoxy) is 2. The molecule has 1 N–H and O–H groups in total. The van der Waals surface area contributed by atoms with E-state index in [2.05, 4.69) is 9.97 Å². The summed E-state index contributed by atoms with van der Waals surface area (Å²) in [6.45, 7) is 2.65. The second kappa shape index (κ2) is 7.53. The van der Waals surface area contributed by atoms with Gasteiger partial charge in [-0.15, -0.1) is 0 Å². The Morgan fingerprint density at radius 3 is 2.54 bits per heavy atom. The number of aromatic nitrogens is 2. The molecule has 1 saturated heterocycles. The van der Waals surface area contributed by atoms with Crippen molar-refractivity contribution in [3.05, 3.63) is 46.2 Å². The van der Waals surface area contributed by atoms with Crippen LogP contribution in [-0.4, -0.2) is 40.6 Å². The van der Waals surface area contributed by atoms with Crippen LogP contribution in [0.25, 0.3) is 0 Å². The molecule has 2 aromatic rings. The summed E-state index contributed by atoms with van der Waals surface area (Å²) >= 11 is 12.2. The number of hydrogen-bond acceptors (Lipinski definition) is 6. The summed E-state index contributed by atoms with van der Waals surface area (Å²) in [6, 6.07) is 5.31. The van der Waals surface area contributed by atoms with Crippen molar-refractivity contribution in [2.24, 2.45) is 0 Å². The lowest BCUT2D eigenvalue weighted by molar-refractivity contribution is 0.0236. The lowest BCUT2D eigenvalue weighted by Gasteiger charge is -2.19. The molecule has 0 amide bonds. The van der Waals surface area contributed by atoms with Gasteiger partial charge in [0, 0.05) is 15.6 Å². The standard InChI is InChI=1S/C16H17Cl2N3O3/c1-10-21(7-12(8-22)24-10)16-19-5-11(6-20-16)23-9-13-14(17)3-2-4-15(13)18/h2-6,10,12,22H,7-9H2,1H3. The van der Waals surface area contributed by atoms with Crippen LogP contribution >= 0.6 is 23.2 Å². The van der Waals surface area contributed by atoms with Gasteiger partial charge in [-0.2, -0.15) is 0 Å². The highest BCUT2D eigenvalue weighted by molar-refractivity contribution is 6.35. The minimum Gasteiger partial charge on any atom is -0.486 e. The minimum atomic E-state index is -0.220. The fraction of sp³-hybridized carbons (Fsp3) is 0.375. The second-order valence-electron chi connectivity index (χ2n) is 5.40. The predicted octanol–water partition coefficient (Wildman–Crippen LogP) is 2.91. The third-order valence-electron chi connectivity index (χ3n) is 3.75. The topological polar surface area (TPSA) is 67.7 Å². The van der Waals surface area contributed by atoms with E-state index in [1.54, 1.807) is 30.6 Å². The van der Waals surface area contributed by atoms with Crippen LogP contribution in [0.1, 0.15) is 12.5 Å². The molecule has 2 heterocycles. The lowest BCUT2D eigenvalue weighted by Crippen LogP contribution is -2.29. The van der Waals surface area contributed by atoms with Crippen molar-refractivity contribution >= 4 is 29.2 Å². The smallest absolute Gasteiger partial charge is 0.227 e. The summed E-state index contributed by atoms with van der Waals surface area (Å²) in [4.78, 5) is 10.5. The van der Waals surface area contributed by atoms with Crippen molar-refractivity contribution < 1.29 is 14.6 Å². The van der Waals surface area contributed by atoms with Gasteiger partial charge >= 0.3 is 0 Å². The molecule has 2 atom stereocenters. The molecule has 8 heteroatoms. The van der Waals surface area contributed by atoms with Gasteiger partial charge in [0.2, 0.25) is 5.95 Å². The molecule has 2 unspecified atom stereocenters. The summed E-state index contributed by atoms with van der Waals surface area (Å²) in [5, 5.41) is 10.3. The first-order chi connectivity index (χ1) is 11.6. The third-order valence-corrected chi connectivity index (χ3v) is 4.46. The van der Waals surface area contributed by atoms with Gasteiger partial charge in [0.05, 0.1) is 25.5 Å². The summed E-state index contributed by atoms with van der Waals surface area (Å²) in [6.07, 6.45) is 2.77. The summed E-state index contributed by atoms with van der Waals surface area (Å²) in [5.41, 5.74) is 0.720. The molecule has 3 rings (SSSR count). The Bertz CT molecular complexity index is 679. The largest absolute Gasteiger partial charge is 0.486 e. The van der Waals surface area contributed by atoms with Crippen molar-refractivity contribution in [1.82, 2.24) is 9.97 Å². The first-order valence-corrected chi connectivity index (χ1v) is 8.24. The normalized spacial score (nSPS) is 20.4. The lowest BCUT2D eigenvalue weighted by atomic mass is 10.2. The number of benzene rings is 1. The maximum Gasteiger partial charge on any atom is 0.227 e.